The van der Waals surface area contributed by atoms with Gasteiger partial charge in [-0.15, -0.1) is 0 Å². The van der Waals surface area contributed by atoms with Gasteiger partial charge < -0.3 is 20.2 Å². The van der Waals surface area contributed by atoms with Crippen LogP contribution in [-0.2, 0) is 4.79 Å². The standard InChI is InChI=1S/C13H15NO5/c1-7-5-14(6-8(7)13(18)19)12(17)11-9(15)3-2-4-10(11)16/h2-4,7-8,15-16H,5-6H2,1H3,(H,18,19). The van der Waals surface area contributed by atoms with Gasteiger partial charge in [0.1, 0.15) is 17.1 Å². The second kappa shape index (κ2) is 4.79. The number of carbonyl (C=O) groups is 2. The van der Waals surface area contributed by atoms with Crippen LogP contribution < -0.4 is 0 Å². The van der Waals surface area contributed by atoms with Gasteiger partial charge in [-0.1, -0.05) is 13.0 Å². The lowest BCUT2D eigenvalue weighted by molar-refractivity contribution is -0.142. The maximum absolute atomic E-state index is 12.2. The monoisotopic (exact) mass is 265 g/mol. The van der Waals surface area contributed by atoms with Gasteiger partial charge in [0.05, 0.1) is 5.92 Å². The summed E-state index contributed by atoms with van der Waals surface area (Å²) >= 11 is 0. The molecule has 0 aliphatic carbocycles. The Balaban J connectivity index is 2.25. The molecule has 2 atom stereocenters. The lowest BCUT2D eigenvalue weighted by Gasteiger charge is -2.17. The third kappa shape index (κ3) is 2.33. The number of carboxylic acids is 1. The predicted octanol–water partition coefficient (Wildman–Crippen LogP) is 0.890. The van der Waals surface area contributed by atoms with Gasteiger partial charge in [0.25, 0.3) is 5.91 Å². The van der Waals surface area contributed by atoms with Gasteiger partial charge in [0.2, 0.25) is 0 Å². The molecule has 1 aliphatic rings. The molecule has 1 amide bonds. The van der Waals surface area contributed by atoms with Crippen molar-refractivity contribution < 1.29 is 24.9 Å². The molecule has 1 heterocycles. The number of benzene rings is 1. The molecule has 1 aliphatic heterocycles. The molecule has 6 nitrogen and oxygen atoms in total. The first-order chi connectivity index (χ1) is 8.91. The molecule has 1 saturated heterocycles. The molecule has 1 aromatic carbocycles. The van der Waals surface area contributed by atoms with E-state index in [2.05, 4.69) is 0 Å². The summed E-state index contributed by atoms with van der Waals surface area (Å²) in [6.45, 7) is 2.14. The maximum Gasteiger partial charge on any atom is 0.308 e. The lowest BCUT2D eigenvalue weighted by Crippen LogP contribution is -2.30. The first-order valence-corrected chi connectivity index (χ1v) is 5.95. The Labute approximate surface area is 109 Å². The zero-order valence-electron chi connectivity index (χ0n) is 10.4. The quantitative estimate of drug-likeness (QED) is 0.737. The van der Waals surface area contributed by atoms with Gasteiger partial charge in [0.15, 0.2) is 0 Å². The predicted molar refractivity (Wildman–Crippen MR) is 66.0 cm³/mol. The Kier molecular flexibility index (Phi) is 3.33. The van der Waals surface area contributed by atoms with E-state index in [0.717, 1.165) is 0 Å². The van der Waals surface area contributed by atoms with E-state index in [1.165, 1.54) is 23.1 Å². The fourth-order valence-electron chi connectivity index (χ4n) is 2.36. The third-order valence-electron chi connectivity index (χ3n) is 3.45. The molecule has 0 aromatic heterocycles. The van der Waals surface area contributed by atoms with Gasteiger partial charge in [-0.25, -0.2) is 0 Å². The van der Waals surface area contributed by atoms with Gasteiger partial charge in [-0.05, 0) is 18.1 Å². The first-order valence-electron chi connectivity index (χ1n) is 5.95. The summed E-state index contributed by atoms with van der Waals surface area (Å²) in [5.41, 5.74) is -0.180. The molecule has 1 fully saturated rings. The molecule has 0 saturated carbocycles. The number of hydrogen-bond acceptors (Lipinski definition) is 4. The van der Waals surface area contributed by atoms with Crippen LogP contribution in [0.5, 0.6) is 11.5 Å². The summed E-state index contributed by atoms with van der Waals surface area (Å²) in [6.07, 6.45) is 0. The molecule has 102 valence electrons. The number of rotatable bonds is 2. The van der Waals surface area contributed by atoms with Crippen LogP contribution in [0.4, 0.5) is 0 Å². The van der Waals surface area contributed by atoms with Crippen molar-refractivity contribution in [2.45, 2.75) is 6.92 Å². The highest BCUT2D eigenvalue weighted by Crippen LogP contribution is 2.31. The summed E-state index contributed by atoms with van der Waals surface area (Å²) in [6, 6.07) is 4.04. The van der Waals surface area contributed by atoms with Crippen molar-refractivity contribution in [3.05, 3.63) is 23.8 Å². The molecule has 3 N–H and O–H groups in total. The van der Waals surface area contributed by atoms with E-state index >= 15 is 0 Å². The van der Waals surface area contributed by atoms with Crippen LogP contribution >= 0.6 is 0 Å². The SMILES string of the molecule is CC1CN(C(=O)c2c(O)cccc2O)CC1C(=O)O. The van der Waals surface area contributed by atoms with Gasteiger partial charge in [0, 0.05) is 13.1 Å². The van der Waals surface area contributed by atoms with Crippen molar-refractivity contribution in [3.63, 3.8) is 0 Å². The summed E-state index contributed by atoms with van der Waals surface area (Å²) < 4.78 is 0. The number of aromatic hydroxyl groups is 2. The smallest absolute Gasteiger partial charge is 0.308 e. The van der Waals surface area contributed by atoms with Gasteiger partial charge >= 0.3 is 5.97 Å². The second-order valence-electron chi connectivity index (χ2n) is 4.80. The highest BCUT2D eigenvalue weighted by Gasteiger charge is 2.38. The van der Waals surface area contributed by atoms with Crippen LogP contribution in [0.15, 0.2) is 18.2 Å². The van der Waals surface area contributed by atoms with Crippen molar-refractivity contribution in [3.8, 4) is 11.5 Å². The highest BCUT2D eigenvalue weighted by molar-refractivity contribution is 5.99. The molecule has 2 rings (SSSR count). The number of carbonyl (C=O) groups excluding carboxylic acids is 1. The Morgan fingerprint density at radius 1 is 1.21 bits per heavy atom. The Morgan fingerprint density at radius 3 is 2.26 bits per heavy atom. The van der Waals surface area contributed by atoms with Crippen molar-refractivity contribution in [1.82, 2.24) is 4.90 Å². The third-order valence-corrected chi connectivity index (χ3v) is 3.45. The van der Waals surface area contributed by atoms with Crippen LogP contribution in [-0.4, -0.2) is 45.2 Å². The normalized spacial score (nSPS) is 22.5. The van der Waals surface area contributed by atoms with E-state index in [4.69, 9.17) is 5.11 Å². The summed E-state index contributed by atoms with van der Waals surface area (Å²) in [7, 11) is 0. The number of phenolic OH excluding ortho intramolecular Hbond substituents is 2. The van der Waals surface area contributed by atoms with E-state index in [1.54, 1.807) is 6.92 Å². The number of carboxylic acid groups (broad SMARTS) is 1. The minimum absolute atomic E-state index is 0.0864. The summed E-state index contributed by atoms with van der Waals surface area (Å²) in [5, 5.41) is 28.3. The number of hydrogen-bond donors (Lipinski definition) is 3. The highest BCUT2D eigenvalue weighted by atomic mass is 16.4. The molecule has 19 heavy (non-hydrogen) atoms. The number of likely N-dealkylation sites (tertiary alicyclic amines) is 1. The number of aliphatic carboxylic acids is 1. The van der Waals surface area contributed by atoms with Crippen molar-refractivity contribution in [1.29, 1.82) is 0 Å². The molecular weight excluding hydrogens is 250 g/mol. The topological polar surface area (TPSA) is 98.1 Å². The average Bonchev–Trinajstić information content (AvgIpc) is 2.71. The van der Waals surface area contributed by atoms with Crippen LogP contribution in [0.3, 0.4) is 0 Å². The zero-order valence-corrected chi connectivity index (χ0v) is 10.4. The van der Waals surface area contributed by atoms with Crippen LogP contribution in [0.25, 0.3) is 0 Å². The first kappa shape index (κ1) is 13.2. The second-order valence-corrected chi connectivity index (χ2v) is 4.80. The zero-order chi connectivity index (χ0) is 14.2. The molecule has 0 spiro atoms. The minimum Gasteiger partial charge on any atom is -0.507 e. The van der Waals surface area contributed by atoms with E-state index < -0.39 is 17.8 Å². The number of phenols is 2. The van der Waals surface area contributed by atoms with Crippen molar-refractivity contribution in [2.75, 3.05) is 13.1 Å². The maximum atomic E-state index is 12.2. The summed E-state index contributed by atoms with van der Waals surface area (Å²) in [5.74, 6) is -2.88. The number of amides is 1. The van der Waals surface area contributed by atoms with Crippen molar-refractivity contribution >= 4 is 11.9 Å². The van der Waals surface area contributed by atoms with Crippen LogP contribution in [0, 0.1) is 11.8 Å². The molecule has 0 radical (unpaired) electrons. The Hall–Kier alpha value is -2.24. The fourth-order valence-corrected chi connectivity index (χ4v) is 2.36. The van der Waals surface area contributed by atoms with Crippen molar-refractivity contribution in [2.24, 2.45) is 11.8 Å². The molecular formula is C13H15NO5. The van der Waals surface area contributed by atoms with E-state index in [1.807, 2.05) is 0 Å². The van der Waals surface area contributed by atoms with E-state index in [0.29, 0.717) is 6.54 Å². The largest absolute Gasteiger partial charge is 0.507 e. The lowest BCUT2D eigenvalue weighted by atomic mass is 9.99. The van der Waals surface area contributed by atoms with Gasteiger partial charge in [-0.2, -0.15) is 0 Å². The molecule has 0 bridgehead atoms. The minimum atomic E-state index is -0.940. The Bertz CT molecular complexity index is 508. The Morgan fingerprint density at radius 2 is 1.79 bits per heavy atom. The molecule has 6 heteroatoms. The summed E-state index contributed by atoms with van der Waals surface area (Å²) in [4.78, 5) is 24.6. The molecule has 1 aromatic rings. The molecule has 2 unspecified atom stereocenters. The van der Waals surface area contributed by atoms with Crippen LogP contribution in [0.1, 0.15) is 17.3 Å². The van der Waals surface area contributed by atoms with Gasteiger partial charge in [-0.3, -0.25) is 9.59 Å². The van der Waals surface area contributed by atoms with Crippen LogP contribution in [0.2, 0.25) is 0 Å². The number of nitrogens with zero attached hydrogens (tertiary/aromatic N) is 1. The fraction of sp³-hybridized carbons (Fsp3) is 0.385. The van der Waals surface area contributed by atoms with E-state index in [9.17, 15) is 19.8 Å². The average molecular weight is 265 g/mol. The van der Waals surface area contributed by atoms with E-state index in [-0.39, 0.29) is 29.5 Å².